The minimum atomic E-state index is 0.655. The van der Waals surface area contributed by atoms with E-state index in [1.54, 1.807) is 0 Å². The fourth-order valence-electron chi connectivity index (χ4n) is 1.17. The molecule has 0 aliphatic rings. The van der Waals surface area contributed by atoms with Crippen LogP contribution in [0.5, 0.6) is 0 Å². The fourth-order valence-corrected chi connectivity index (χ4v) is 1.80. The summed E-state index contributed by atoms with van der Waals surface area (Å²) < 4.78 is 0. The molecule has 1 heteroatoms. The Morgan fingerprint density at radius 1 is 1.45 bits per heavy atom. The molecule has 0 aromatic heterocycles. The number of halogens is 1. The van der Waals surface area contributed by atoms with E-state index in [1.807, 2.05) is 0 Å². The molecule has 0 heterocycles. The summed E-state index contributed by atoms with van der Waals surface area (Å²) in [5.74, 6) is 0.820. The molecule has 0 N–H and O–H groups in total. The van der Waals surface area contributed by atoms with E-state index < -0.39 is 0 Å². The molecule has 66 valence electrons. The standard InChI is InChI=1S/C10H19Br/c1-8(2)5-6-9(3)7-10(4)11/h9-10H,1,5-7H2,2-4H3. The lowest BCUT2D eigenvalue weighted by atomic mass is 9.98. The first-order valence-corrected chi connectivity index (χ1v) is 5.22. The second-order valence-corrected chi connectivity index (χ2v) is 5.18. The molecule has 0 spiro atoms. The Morgan fingerprint density at radius 2 is 2.00 bits per heavy atom. The van der Waals surface area contributed by atoms with Crippen molar-refractivity contribution < 1.29 is 0 Å². The summed E-state index contributed by atoms with van der Waals surface area (Å²) in [4.78, 5) is 0.655. The van der Waals surface area contributed by atoms with E-state index in [2.05, 4.69) is 43.3 Å². The molecule has 0 aliphatic heterocycles. The molecule has 0 bridgehead atoms. The maximum absolute atomic E-state index is 3.89. The largest absolute Gasteiger partial charge is 0.100 e. The highest BCUT2D eigenvalue weighted by Gasteiger charge is 2.05. The number of hydrogen-bond donors (Lipinski definition) is 0. The summed E-state index contributed by atoms with van der Waals surface area (Å²) in [5.41, 5.74) is 1.30. The van der Waals surface area contributed by atoms with Crippen LogP contribution in [0.2, 0.25) is 0 Å². The topological polar surface area (TPSA) is 0 Å². The average molecular weight is 219 g/mol. The van der Waals surface area contributed by atoms with Gasteiger partial charge in [-0.05, 0) is 32.1 Å². The van der Waals surface area contributed by atoms with Crippen molar-refractivity contribution >= 4 is 15.9 Å². The smallest absolute Gasteiger partial charge is 0.0120 e. The van der Waals surface area contributed by atoms with Gasteiger partial charge in [0.2, 0.25) is 0 Å². The molecule has 2 unspecified atom stereocenters. The molecule has 0 aromatic rings. The highest BCUT2D eigenvalue weighted by molar-refractivity contribution is 9.09. The average Bonchev–Trinajstić information content (AvgIpc) is 1.82. The zero-order valence-corrected chi connectivity index (χ0v) is 9.45. The van der Waals surface area contributed by atoms with Crippen LogP contribution in [-0.4, -0.2) is 4.83 Å². The Morgan fingerprint density at radius 3 is 2.36 bits per heavy atom. The predicted octanol–water partition coefficient (Wildman–Crippen LogP) is 4.15. The van der Waals surface area contributed by atoms with Gasteiger partial charge in [-0.15, -0.1) is 6.58 Å². The number of rotatable bonds is 5. The van der Waals surface area contributed by atoms with Gasteiger partial charge in [-0.2, -0.15) is 0 Å². The number of allylic oxidation sites excluding steroid dienone is 1. The van der Waals surface area contributed by atoms with E-state index in [9.17, 15) is 0 Å². The Hall–Kier alpha value is 0.220. The van der Waals surface area contributed by atoms with Gasteiger partial charge in [-0.25, -0.2) is 0 Å². The molecule has 0 saturated carbocycles. The van der Waals surface area contributed by atoms with Crippen molar-refractivity contribution in [1.82, 2.24) is 0 Å². The van der Waals surface area contributed by atoms with Crippen molar-refractivity contribution in [2.45, 2.75) is 44.9 Å². The van der Waals surface area contributed by atoms with Gasteiger partial charge in [-0.3, -0.25) is 0 Å². The van der Waals surface area contributed by atoms with Crippen LogP contribution in [0.25, 0.3) is 0 Å². The van der Waals surface area contributed by atoms with Crippen LogP contribution in [-0.2, 0) is 0 Å². The molecule has 0 radical (unpaired) electrons. The Bertz CT molecular complexity index is 116. The Kier molecular flexibility index (Phi) is 5.93. The van der Waals surface area contributed by atoms with E-state index in [0.717, 1.165) is 5.92 Å². The minimum Gasteiger partial charge on any atom is -0.100 e. The molecule has 0 rings (SSSR count). The van der Waals surface area contributed by atoms with E-state index in [1.165, 1.54) is 24.8 Å². The molecule has 2 atom stereocenters. The molecule has 0 nitrogen and oxygen atoms in total. The van der Waals surface area contributed by atoms with Crippen LogP contribution in [0.1, 0.15) is 40.0 Å². The van der Waals surface area contributed by atoms with Crippen molar-refractivity contribution in [2.75, 3.05) is 0 Å². The fraction of sp³-hybridized carbons (Fsp3) is 0.800. The van der Waals surface area contributed by atoms with Crippen molar-refractivity contribution in [3.8, 4) is 0 Å². The van der Waals surface area contributed by atoms with Gasteiger partial charge in [0.05, 0.1) is 0 Å². The zero-order valence-electron chi connectivity index (χ0n) is 7.86. The number of hydrogen-bond acceptors (Lipinski definition) is 0. The van der Waals surface area contributed by atoms with Crippen molar-refractivity contribution in [3.05, 3.63) is 12.2 Å². The van der Waals surface area contributed by atoms with Gasteiger partial charge in [0, 0.05) is 4.83 Å². The summed E-state index contributed by atoms with van der Waals surface area (Å²) >= 11 is 3.56. The molecule has 0 amide bonds. The van der Waals surface area contributed by atoms with E-state index in [-0.39, 0.29) is 0 Å². The minimum absolute atomic E-state index is 0.655. The molecule has 0 fully saturated rings. The molecular formula is C10H19Br. The van der Waals surface area contributed by atoms with Gasteiger partial charge in [0.1, 0.15) is 0 Å². The van der Waals surface area contributed by atoms with Gasteiger partial charge < -0.3 is 0 Å². The quantitative estimate of drug-likeness (QED) is 0.481. The maximum Gasteiger partial charge on any atom is 0.0120 e. The third kappa shape index (κ3) is 8.12. The second-order valence-electron chi connectivity index (χ2n) is 3.62. The lowest BCUT2D eigenvalue weighted by Crippen LogP contribution is -2.01. The normalized spacial score (nSPS) is 16.0. The van der Waals surface area contributed by atoms with Crippen LogP contribution in [0.4, 0.5) is 0 Å². The van der Waals surface area contributed by atoms with Gasteiger partial charge in [-0.1, -0.05) is 35.4 Å². The summed E-state index contributed by atoms with van der Waals surface area (Å²) in [6, 6.07) is 0. The summed E-state index contributed by atoms with van der Waals surface area (Å²) in [6.07, 6.45) is 3.74. The van der Waals surface area contributed by atoms with Crippen LogP contribution in [0.3, 0.4) is 0 Å². The van der Waals surface area contributed by atoms with E-state index >= 15 is 0 Å². The first-order chi connectivity index (χ1) is 5.02. The molecule has 0 aliphatic carbocycles. The molecule has 0 aromatic carbocycles. The van der Waals surface area contributed by atoms with Gasteiger partial charge >= 0.3 is 0 Å². The van der Waals surface area contributed by atoms with E-state index in [0.29, 0.717) is 4.83 Å². The van der Waals surface area contributed by atoms with Crippen molar-refractivity contribution in [3.63, 3.8) is 0 Å². The van der Waals surface area contributed by atoms with Gasteiger partial charge in [0.25, 0.3) is 0 Å². The summed E-state index contributed by atoms with van der Waals surface area (Å²) in [6.45, 7) is 10.5. The summed E-state index contributed by atoms with van der Waals surface area (Å²) in [5, 5.41) is 0. The predicted molar refractivity (Wildman–Crippen MR) is 56.2 cm³/mol. The zero-order chi connectivity index (χ0) is 8.85. The maximum atomic E-state index is 3.89. The van der Waals surface area contributed by atoms with Crippen molar-refractivity contribution in [1.29, 1.82) is 0 Å². The molecule has 0 saturated heterocycles. The molecule has 11 heavy (non-hydrogen) atoms. The highest BCUT2D eigenvalue weighted by Crippen LogP contribution is 2.18. The lowest BCUT2D eigenvalue weighted by Gasteiger charge is -2.12. The first-order valence-electron chi connectivity index (χ1n) is 4.30. The van der Waals surface area contributed by atoms with Crippen LogP contribution >= 0.6 is 15.9 Å². The highest BCUT2D eigenvalue weighted by atomic mass is 79.9. The van der Waals surface area contributed by atoms with Crippen molar-refractivity contribution in [2.24, 2.45) is 5.92 Å². The monoisotopic (exact) mass is 218 g/mol. The number of alkyl halides is 1. The lowest BCUT2D eigenvalue weighted by molar-refractivity contribution is 0.494. The van der Waals surface area contributed by atoms with Gasteiger partial charge in [0.15, 0.2) is 0 Å². The van der Waals surface area contributed by atoms with Crippen LogP contribution in [0, 0.1) is 5.92 Å². The Balaban J connectivity index is 3.37. The summed E-state index contributed by atoms with van der Waals surface area (Å²) in [7, 11) is 0. The Labute approximate surface area is 79.2 Å². The third-order valence-corrected chi connectivity index (χ3v) is 2.16. The van der Waals surface area contributed by atoms with E-state index in [4.69, 9.17) is 0 Å². The molecular weight excluding hydrogens is 200 g/mol. The second kappa shape index (κ2) is 5.82. The first kappa shape index (κ1) is 11.2. The van der Waals surface area contributed by atoms with Crippen LogP contribution in [0.15, 0.2) is 12.2 Å². The third-order valence-electron chi connectivity index (χ3n) is 1.79. The SMILES string of the molecule is C=C(C)CCC(C)CC(C)Br. The van der Waals surface area contributed by atoms with Crippen LogP contribution < -0.4 is 0 Å².